The molecule has 0 aliphatic rings. The van der Waals surface area contributed by atoms with Crippen LogP contribution in [0.4, 0.5) is 11.4 Å². The average Bonchev–Trinajstić information content (AvgIpc) is 3.08. The average molecular weight is 683 g/mol. The van der Waals surface area contributed by atoms with Crippen LogP contribution < -0.4 is 11.1 Å². The second-order valence-corrected chi connectivity index (χ2v) is 7.83. The number of aliphatic hydroxyl groups excluding tert-OH is 2. The first kappa shape index (κ1) is 58.4. The first-order valence-corrected chi connectivity index (χ1v) is 15.4. The van der Waals surface area contributed by atoms with E-state index in [0.29, 0.717) is 5.69 Å². The molecular formula is C39H59ClN4O4. The Morgan fingerprint density at radius 1 is 0.750 bits per heavy atom. The predicted octanol–water partition coefficient (Wildman–Crippen LogP) is 10.9. The van der Waals surface area contributed by atoms with Gasteiger partial charge < -0.3 is 21.3 Å². The van der Waals surface area contributed by atoms with Gasteiger partial charge in [0.2, 0.25) is 0 Å². The van der Waals surface area contributed by atoms with Crippen LogP contribution in [0.25, 0.3) is 0 Å². The van der Waals surface area contributed by atoms with Crippen LogP contribution in [0.3, 0.4) is 0 Å². The largest absolute Gasteiger partial charge is 0.511 e. The van der Waals surface area contributed by atoms with Gasteiger partial charge in [-0.25, -0.2) is 0 Å². The van der Waals surface area contributed by atoms with Gasteiger partial charge in [-0.2, -0.15) is 10.5 Å². The Hall–Kier alpha value is -5.15. The van der Waals surface area contributed by atoms with E-state index in [2.05, 4.69) is 31.0 Å². The molecule has 0 heterocycles. The summed E-state index contributed by atoms with van der Waals surface area (Å²) in [6.45, 7) is 16.2. The smallest absolute Gasteiger partial charge is 0.269 e. The quantitative estimate of drug-likeness (QED) is 0.0564. The van der Waals surface area contributed by atoms with E-state index in [1.54, 1.807) is 36.4 Å². The molecule has 0 atom stereocenters. The van der Waals surface area contributed by atoms with Crippen molar-refractivity contribution in [2.75, 3.05) is 11.1 Å². The number of nitrogen functional groups attached to an aromatic ring is 1. The molecular weight excluding hydrogens is 624 g/mol. The van der Waals surface area contributed by atoms with Crippen molar-refractivity contribution in [3.05, 3.63) is 83.3 Å². The number of hydrogen-bond donors (Lipinski definition) is 4. The van der Waals surface area contributed by atoms with Crippen molar-refractivity contribution in [2.24, 2.45) is 0 Å². The van der Waals surface area contributed by atoms with Crippen molar-refractivity contribution in [3.8, 4) is 36.8 Å². The van der Waals surface area contributed by atoms with Crippen molar-refractivity contribution in [1.82, 2.24) is 0 Å². The van der Waals surface area contributed by atoms with E-state index in [1.807, 2.05) is 71.9 Å². The van der Waals surface area contributed by atoms with Gasteiger partial charge in [0.1, 0.15) is 29.2 Å². The van der Waals surface area contributed by atoms with Crippen molar-refractivity contribution in [2.45, 2.75) is 102 Å². The molecule has 2 aromatic carbocycles. The minimum absolute atomic E-state index is 0. The second kappa shape index (κ2) is 46.3. The summed E-state index contributed by atoms with van der Waals surface area (Å²) in [6, 6.07) is 21.3. The molecule has 0 aliphatic heterocycles. The highest BCUT2D eigenvalue weighted by atomic mass is 35.5. The monoisotopic (exact) mass is 682 g/mol. The molecule has 266 valence electrons. The highest BCUT2D eigenvalue weighted by Crippen LogP contribution is 2.12. The Kier molecular flexibility index (Phi) is 56.3. The number of nitrogens with one attached hydrogen (secondary N) is 1. The van der Waals surface area contributed by atoms with Gasteiger partial charge in [0.05, 0.1) is 0 Å². The number of nitrogens with zero attached hydrogens (tertiary/aromatic N) is 2. The van der Waals surface area contributed by atoms with Gasteiger partial charge in [0, 0.05) is 37.1 Å². The van der Waals surface area contributed by atoms with Crippen LogP contribution in [0.1, 0.15) is 102 Å². The molecule has 48 heavy (non-hydrogen) atoms. The Morgan fingerprint density at radius 3 is 1.35 bits per heavy atom. The molecule has 0 aromatic heterocycles. The Bertz CT molecular complexity index is 1280. The molecule has 2 rings (SSSR count). The number of carbonyl (C=O) groups is 2. The Morgan fingerprint density at radius 2 is 1.08 bits per heavy atom. The number of nitriles is 2. The number of anilines is 2. The molecule has 8 nitrogen and oxygen atoms in total. The summed E-state index contributed by atoms with van der Waals surface area (Å²) in [5, 5.41) is 37.4. The summed E-state index contributed by atoms with van der Waals surface area (Å²) in [5.41, 5.74) is 5.99. The molecule has 0 unspecified atom stereocenters. The Labute approximate surface area is 297 Å². The summed E-state index contributed by atoms with van der Waals surface area (Å²) < 4.78 is 0. The van der Waals surface area contributed by atoms with Crippen LogP contribution >= 0.6 is 11.6 Å². The number of nitrogens with two attached hydrogens (primary N) is 1. The fraction of sp³-hybridized carbons (Fsp3) is 0.385. The fourth-order valence-corrected chi connectivity index (χ4v) is 2.42. The molecule has 9 heteroatoms. The SMILES string of the molecule is C.C.C#CCC/C(O)=C(\C#N)C(=O)Cl.C#CCC/C(O)=C(\C#N)C(=O)Nc1ccccc1.CC.CC.CC.CCC.Nc1ccccc1. The predicted molar refractivity (Wildman–Crippen MR) is 207 cm³/mol. The molecule has 0 spiro atoms. The minimum Gasteiger partial charge on any atom is -0.511 e. The number of carbonyl (C=O) groups excluding carboxylic acids is 2. The van der Waals surface area contributed by atoms with E-state index in [0.717, 1.165) is 5.69 Å². The standard InChI is InChI=1S/C14H12N2O2.C8H6ClNO2.C6H7N.C3H8.3C2H6.2CH4/c1-2-3-9-13(17)12(10-15)14(18)16-11-7-5-4-6-8-11;1-2-3-4-7(11)6(5-10)8(9)12;7-6-4-2-1-3-5-6;1-3-2;3*1-2;;/h1,4-8,17H,3,9H2,(H,16,18);1,11H,3-4H2;1-5H,7H2;3H2,1-2H3;3*1-2H3;2*1H4/b13-12-;7-6-;;;;;;;. The van der Waals surface area contributed by atoms with Crippen molar-refractivity contribution >= 4 is 34.1 Å². The zero-order valence-corrected chi connectivity index (χ0v) is 29.3. The van der Waals surface area contributed by atoms with E-state index in [9.17, 15) is 14.7 Å². The number of allylic oxidation sites excluding steroid dienone is 3. The minimum atomic E-state index is -0.966. The van der Waals surface area contributed by atoms with E-state index in [-0.39, 0.29) is 57.6 Å². The molecule has 0 fully saturated rings. The lowest BCUT2D eigenvalue weighted by molar-refractivity contribution is -0.112. The van der Waals surface area contributed by atoms with Crippen LogP contribution in [0.15, 0.2) is 83.3 Å². The van der Waals surface area contributed by atoms with Gasteiger partial charge in [0.15, 0.2) is 5.57 Å². The van der Waals surface area contributed by atoms with Crippen LogP contribution in [-0.4, -0.2) is 21.4 Å². The summed E-state index contributed by atoms with van der Waals surface area (Å²) in [4.78, 5) is 22.2. The summed E-state index contributed by atoms with van der Waals surface area (Å²) >= 11 is 4.99. The lowest BCUT2D eigenvalue weighted by Crippen LogP contribution is -2.15. The lowest BCUT2D eigenvalue weighted by atomic mass is 10.1. The topological polar surface area (TPSA) is 160 Å². The summed E-state index contributed by atoms with van der Waals surface area (Å²) in [7, 11) is 0. The van der Waals surface area contributed by atoms with Gasteiger partial charge in [-0.05, 0) is 35.9 Å². The maximum Gasteiger partial charge on any atom is 0.269 e. The number of aliphatic hydroxyl groups is 2. The van der Waals surface area contributed by atoms with Gasteiger partial charge >= 0.3 is 0 Å². The normalized spacial score (nSPS) is 8.77. The van der Waals surface area contributed by atoms with Gasteiger partial charge in [0.25, 0.3) is 11.1 Å². The lowest BCUT2D eigenvalue weighted by Gasteiger charge is -2.05. The third-order valence-electron chi connectivity index (χ3n) is 4.07. The van der Waals surface area contributed by atoms with Crippen LogP contribution in [0.2, 0.25) is 0 Å². The first-order chi connectivity index (χ1) is 22.1. The summed E-state index contributed by atoms with van der Waals surface area (Å²) in [5.74, 6) is 3.31. The maximum atomic E-state index is 11.7. The van der Waals surface area contributed by atoms with Crippen molar-refractivity contribution in [1.29, 1.82) is 10.5 Å². The molecule has 0 bridgehead atoms. The third-order valence-corrected chi connectivity index (χ3v) is 4.26. The van der Waals surface area contributed by atoms with E-state index >= 15 is 0 Å². The van der Waals surface area contributed by atoms with E-state index < -0.39 is 16.7 Å². The number of benzene rings is 2. The number of hydrogen-bond acceptors (Lipinski definition) is 7. The zero-order chi connectivity index (χ0) is 36.8. The molecule has 1 amide bonds. The maximum absolute atomic E-state index is 11.7. The number of amides is 1. The number of halogens is 1. The first-order valence-electron chi connectivity index (χ1n) is 15.0. The van der Waals surface area contributed by atoms with E-state index in [4.69, 9.17) is 45.8 Å². The number of terminal acetylenes is 2. The molecule has 0 radical (unpaired) electrons. The van der Waals surface area contributed by atoms with Crippen molar-refractivity contribution < 1.29 is 19.8 Å². The molecule has 0 saturated heterocycles. The molecule has 0 aliphatic carbocycles. The fourth-order valence-electron chi connectivity index (χ4n) is 2.27. The second-order valence-electron chi connectivity index (χ2n) is 7.49. The van der Waals surface area contributed by atoms with Crippen LogP contribution in [0, 0.1) is 47.3 Å². The van der Waals surface area contributed by atoms with Crippen molar-refractivity contribution in [3.63, 3.8) is 0 Å². The third kappa shape index (κ3) is 35.3. The van der Waals surface area contributed by atoms with Gasteiger partial charge in [-0.3, -0.25) is 9.59 Å². The van der Waals surface area contributed by atoms with Gasteiger partial charge in [-0.1, -0.05) is 113 Å². The Balaban J connectivity index is -0.0000000972. The van der Waals surface area contributed by atoms with Crippen LogP contribution in [-0.2, 0) is 9.59 Å². The highest BCUT2D eigenvalue weighted by molar-refractivity contribution is 6.68. The molecule has 0 saturated carbocycles. The zero-order valence-electron chi connectivity index (χ0n) is 28.5. The molecule has 2 aromatic rings. The number of para-hydroxylation sites is 2. The van der Waals surface area contributed by atoms with Gasteiger partial charge in [-0.15, -0.1) is 24.7 Å². The van der Waals surface area contributed by atoms with E-state index in [1.165, 1.54) is 12.5 Å². The molecule has 5 N–H and O–H groups in total. The highest BCUT2D eigenvalue weighted by Gasteiger charge is 2.14. The summed E-state index contributed by atoms with van der Waals surface area (Å²) in [6.07, 6.45) is 12.0. The van der Waals surface area contributed by atoms with Crippen LogP contribution in [0.5, 0.6) is 0 Å². The number of rotatable bonds is 7.